The van der Waals surface area contributed by atoms with Crippen molar-refractivity contribution in [3.8, 4) is 0 Å². The highest BCUT2D eigenvalue weighted by molar-refractivity contribution is 7.98. The van der Waals surface area contributed by atoms with Gasteiger partial charge in [0.1, 0.15) is 11.0 Å². The Morgan fingerprint density at radius 3 is 2.54 bits per heavy atom. The van der Waals surface area contributed by atoms with E-state index in [1.165, 1.54) is 11.8 Å². The molecule has 144 valence electrons. The molecule has 2 aromatic carbocycles. The number of hydrogen-bond acceptors (Lipinski definition) is 5. The summed E-state index contributed by atoms with van der Waals surface area (Å²) in [5, 5.41) is 3.97. The second-order valence-corrected chi connectivity index (χ2v) is 7.71. The quantitative estimate of drug-likeness (QED) is 0.353. The van der Waals surface area contributed by atoms with Crippen LogP contribution in [0.3, 0.4) is 0 Å². The molecule has 1 N–H and O–H groups in total. The number of nitrogens with one attached hydrogen (secondary N) is 1. The summed E-state index contributed by atoms with van der Waals surface area (Å²) in [6.45, 7) is 0.502. The molecule has 0 saturated heterocycles. The molecule has 0 spiro atoms. The Morgan fingerprint density at radius 2 is 1.79 bits per heavy atom. The lowest BCUT2D eigenvalue weighted by atomic mass is 10.1. The van der Waals surface area contributed by atoms with E-state index in [4.69, 9.17) is 11.6 Å². The molecule has 0 aliphatic heterocycles. The highest BCUT2D eigenvalue weighted by atomic mass is 35.5. The van der Waals surface area contributed by atoms with Crippen molar-refractivity contribution in [3.63, 3.8) is 0 Å². The van der Waals surface area contributed by atoms with E-state index < -0.39 is 0 Å². The van der Waals surface area contributed by atoms with Crippen molar-refractivity contribution in [2.45, 2.75) is 17.5 Å². The highest BCUT2D eigenvalue weighted by Crippen LogP contribution is 2.24. The topological polar surface area (TPSA) is 58.1 Å². The predicted molar refractivity (Wildman–Crippen MR) is 115 cm³/mol. The number of halogens is 1. The van der Waals surface area contributed by atoms with Crippen LogP contribution in [-0.4, -0.2) is 30.0 Å². The molecule has 28 heavy (non-hydrogen) atoms. The van der Waals surface area contributed by atoms with Gasteiger partial charge in [-0.05, 0) is 23.3 Å². The molecule has 0 atom stereocenters. The lowest BCUT2D eigenvalue weighted by molar-refractivity contribution is 0.0951. The number of hydrogen-bond donors (Lipinski definition) is 1. The second kappa shape index (κ2) is 9.57. The van der Waals surface area contributed by atoms with E-state index in [1.807, 2.05) is 73.6 Å². The average molecular weight is 413 g/mol. The summed E-state index contributed by atoms with van der Waals surface area (Å²) in [5.74, 6) is 1.31. The Hall–Kier alpha value is -2.57. The van der Waals surface area contributed by atoms with Crippen LogP contribution in [-0.2, 0) is 12.3 Å². The van der Waals surface area contributed by atoms with Crippen molar-refractivity contribution in [1.29, 1.82) is 0 Å². The molecular weight excluding hydrogens is 392 g/mol. The zero-order chi connectivity index (χ0) is 19.9. The maximum atomic E-state index is 12.4. The predicted octanol–water partition coefficient (Wildman–Crippen LogP) is 4.42. The third-order valence-corrected chi connectivity index (χ3v) is 5.08. The van der Waals surface area contributed by atoms with Crippen molar-refractivity contribution in [2.75, 3.05) is 19.0 Å². The van der Waals surface area contributed by atoms with Crippen molar-refractivity contribution >= 4 is 35.1 Å². The summed E-state index contributed by atoms with van der Waals surface area (Å²) in [4.78, 5) is 23.1. The molecule has 0 fully saturated rings. The van der Waals surface area contributed by atoms with Crippen molar-refractivity contribution in [3.05, 3.63) is 82.5 Å². The number of carbonyl (C=O) groups excluding carboxylic acids is 1. The van der Waals surface area contributed by atoms with Gasteiger partial charge in [-0.25, -0.2) is 9.97 Å². The van der Waals surface area contributed by atoms with E-state index in [2.05, 4.69) is 15.3 Å². The van der Waals surface area contributed by atoms with Crippen LogP contribution in [0.25, 0.3) is 0 Å². The van der Waals surface area contributed by atoms with E-state index in [-0.39, 0.29) is 5.91 Å². The Balaban J connectivity index is 1.62. The first-order valence-corrected chi connectivity index (χ1v) is 10.1. The molecule has 3 aromatic rings. The molecule has 1 amide bonds. The summed E-state index contributed by atoms with van der Waals surface area (Å²) in [5.41, 5.74) is 2.72. The number of nitrogens with zero attached hydrogens (tertiary/aromatic N) is 3. The summed E-state index contributed by atoms with van der Waals surface area (Å²) in [6.07, 6.45) is 0. The van der Waals surface area contributed by atoms with E-state index >= 15 is 0 Å². The fraction of sp³-hybridized carbons (Fsp3) is 0.190. The van der Waals surface area contributed by atoms with Gasteiger partial charge in [-0.1, -0.05) is 65.8 Å². The first-order valence-electron chi connectivity index (χ1n) is 8.77. The van der Waals surface area contributed by atoms with Gasteiger partial charge in [0.05, 0.1) is 0 Å². The van der Waals surface area contributed by atoms with Gasteiger partial charge in [-0.2, -0.15) is 0 Å². The second-order valence-electron chi connectivity index (χ2n) is 6.38. The minimum absolute atomic E-state index is 0.0930. The van der Waals surface area contributed by atoms with Crippen LogP contribution in [0.1, 0.15) is 21.5 Å². The van der Waals surface area contributed by atoms with E-state index in [0.717, 1.165) is 16.9 Å². The molecule has 0 aliphatic rings. The van der Waals surface area contributed by atoms with Gasteiger partial charge >= 0.3 is 0 Å². The number of benzene rings is 2. The van der Waals surface area contributed by atoms with Crippen LogP contribution >= 0.6 is 23.4 Å². The molecule has 1 heterocycles. The first-order chi connectivity index (χ1) is 13.5. The molecule has 1 aromatic heterocycles. The van der Waals surface area contributed by atoms with E-state index in [1.54, 1.807) is 6.07 Å². The zero-order valence-electron chi connectivity index (χ0n) is 15.7. The van der Waals surface area contributed by atoms with Gasteiger partial charge in [0.15, 0.2) is 5.16 Å². The Labute approximate surface area is 174 Å². The first kappa shape index (κ1) is 20.2. The number of carbonyl (C=O) groups is 1. The van der Waals surface area contributed by atoms with E-state index in [0.29, 0.717) is 28.2 Å². The molecule has 0 unspecified atom stereocenters. The lowest BCUT2D eigenvalue weighted by Gasteiger charge is -2.12. The molecular formula is C21H21ClN4OS. The van der Waals surface area contributed by atoms with Crippen molar-refractivity contribution in [2.24, 2.45) is 0 Å². The van der Waals surface area contributed by atoms with Gasteiger partial charge in [0.2, 0.25) is 0 Å². The monoisotopic (exact) mass is 412 g/mol. The summed E-state index contributed by atoms with van der Waals surface area (Å²) in [7, 11) is 3.81. The third-order valence-electron chi connectivity index (χ3n) is 3.97. The zero-order valence-corrected chi connectivity index (χ0v) is 17.3. The fourth-order valence-corrected chi connectivity index (χ4v) is 3.53. The molecule has 0 aliphatic carbocycles. The average Bonchev–Trinajstić information content (AvgIpc) is 2.71. The van der Waals surface area contributed by atoms with Crippen molar-refractivity contribution < 1.29 is 4.79 Å². The van der Waals surface area contributed by atoms with Crippen molar-refractivity contribution in [1.82, 2.24) is 15.3 Å². The smallest absolute Gasteiger partial charge is 0.251 e. The van der Waals surface area contributed by atoms with Crippen LogP contribution < -0.4 is 10.2 Å². The molecule has 3 rings (SSSR count). The highest BCUT2D eigenvalue weighted by Gasteiger charge is 2.09. The fourth-order valence-electron chi connectivity index (χ4n) is 2.51. The maximum Gasteiger partial charge on any atom is 0.251 e. The summed E-state index contributed by atoms with van der Waals surface area (Å²) in [6, 6.07) is 19.1. The summed E-state index contributed by atoms with van der Waals surface area (Å²) < 4.78 is 0. The molecule has 0 bridgehead atoms. The normalized spacial score (nSPS) is 10.5. The van der Waals surface area contributed by atoms with Crippen LogP contribution in [0.2, 0.25) is 5.15 Å². The molecule has 5 nitrogen and oxygen atoms in total. The van der Waals surface area contributed by atoms with Gasteiger partial charge in [0, 0.05) is 38.0 Å². The lowest BCUT2D eigenvalue weighted by Crippen LogP contribution is -2.22. The Kier molecular flexibility index (Phi) is 6.90. The number of amides is 1. The van der Waals surface area contributed by atoms with Gasteiger partial charge < -0.3 is 10.2 Å². The van der Waals surface area contributed by atoms with Crippen LogP contribution in [0.4, 0.5) is 5.82 Å². The van der Waals surface area contributed by atoms with Gasteiger partial charge in [0.25, 0.3) is 5.91 Å². The van der Waals surface area contributed by atoms with E-state index in [9.17, 15) is 4.79 Å². The Bertz CT molecular complexity index is 950. The standard InChI is InChI=1S/C21H21ClN4OS/c1-26(2)19-12-18(22)24-21(25-19)28-14-16-9-6-10-17(11-16)20(27)23-13-15-7-4-3-5-8-15/h3-12H,13-14H2,1-2H3,(H,23,27). The van der Waals surface area contributed by atoms with Crippen LogP contribution in [0.15, 0.2) is 65.8 Å². The van der Waals surface area contributed by atoms with Gasteiger partial charge in [-0.3, -0.25) is 4.79 Å². The molecule has 7 heteroatoms. The largest absolute Gasteiger partial charge is 0.363 e. The van der Waals surface area contributed by atoms with Gasteiger partial charge in [-0.15, -0.1) is 0 Å². The Morgan fingerprint density at radius 1 is 1.04 bits per heavy atom. The molecule has 0 saturated carbocycles. The molecule has 0 radical (unpaired) electrons. The number of rotatable bonds is 7. The number of aromatic nitrogens is 2. The SMILES string of the molecule is CN(C)c1cc(Cl)nc(SCc2cccc(C(=O)NCc3ccccc3)c2)n1. The van der Waals surface area contributed by atoms with Crippen LogP contribution in [0, 0.1) is 0 Å². The summed E-state index contributed by atoms with van der Waals surface area (Å²) >= 11 is 7.57. The maximum absolute atomic E-state index is 12.4. The number of anilines is 1. The third kappa shape index (κ3) is 5.71. The van der Waals surface area contributed by atoms with Crippen LogP contribution in [0.5, 0.6) is 0 Å². The minimum Gasteiger partial charge on any atom is -0.363 e. The number of thioether (sulfide) groups is 1. The minimum atomic E-state index is -0.0930.